The smallest absolute Gasteiger partial charge is 0.276 e. The largest absolute Gasteiger partial charge is 0.493 e. The summed E-state index contributed by atoms with van der Waals surface area (Å²) >= 11 is 0. The number of ketones is 1. The maximum atomic E-state index is 12.5. The molecule has 0 N–H and O–H groups in total. The first-order valence-corrected chi connectivity index (χ1v) is 8.56. The van der Waals surface area contributed by atoms with Crippen LogP contribution >= 0.6 is 0 Å². The molecule has 7 heteroatoms. The number of ether oxygens (including phenoxy) is 2. The number of carbonyl (C=O) groups excluding carboxylic acids is 2. The van der Waals surface area contributed by atoms with Gasteiger partial charge < -0.3 is 18.9 Å². The first-order valence-electron chi connectivity index (χ1n) is 8.56. The zero-order valence-corrected chi connectivity index (χ0v) is 16.1. The van der Waals surface area contributed by atoms with Crippen LogP contribution in [0.2, 0.25) is 0 Å². The highest BCUT2D eigenvalue weighted by molar-refractivity contribution is 5.94. The topological polar surface area (TPSA) is 81.9 Å². The van der Waals surface area contributed by atoms with E-state index in [0.29, 0.717) is 35.9 Å². The van der Waals surface area contributed by atoms with Crippen molar-refractivity contribution in [2.45, 2.75) is 27.4 Å². The second-order valence-corrected chi connectivity index (χ2v) is 6.17. The highest BCUT2D eigenvalue weighted by atomic mass is 16.5. The van der Waals surface area contributed by atoms with Crippen LogP contribution in [-0.4, -0.2) is 41.9 Å². The fourth-order valence-corrected chi connectivity index (χ4v) is 2.45. The normalized spacial score (nSPS) is 10.4. The van der Waals surface area contributed by atoms with Crippen molar-refractivity contribution in [1.29, 1.82) is 0 Å². The highest BCUT2D eigenvalue weighted by Gasteiger charge is 2.19. The molecule has 0 saturated heterocycles. The maximum absolute atomic E-state index is 12.5. The lowest BCUT2D eigenvalue weighted by Gasteiger charge is -2.19. The number of rotatable bonds is 9. The quantitative estimate of drug-likeness (QED) is 0.495. The molecule has 27 heavy (non-hydrogen) atoms. The average molecular weight is 372 g/mol. The first kappa shape index (κ1) is 20.2. The maximum Gasteiger partial charge on any atom is 0.276 e. The predicted octanol–water partition coefficient (Wildman–Crippen LogP) is 3.50. The Morgan fingerprint density at radius 1 is 1.22 bits per heavy atom. The fraction of sp³-hybridized carbons (Fsp3) is 0.350. The third-order valence-electron chi connectivity index (χ3n) is 3.85. The molecule has 144 valence electrons. The molecule has 1 aromatic carbocycles. The lowest BCUT2D eigenvalue weighted by molar-refractivity contribution is 0.0767. The zero-order chi connectivity index (χ0) is 20.0. The molecule has 0 atom stereocenters. The summed E-state index contributed by atoms with van der Waals surface area (Å²) in [6.07, 6.45) is 0. The molecule has 1 heterocycles. The van der Waals surface area contributed by atoms with Crippen LogP contribution in [0.15, 0.2) is 40.9 Å². The van der Waals surface area contributed by atoms with Crippen LogP contribution in [0.3, 0.4) is 0 Å². The van der Waals surface area contributed by atoms with Crippen molar-refractivity contribution in [1.82, 2.24) is 10.1 Å². The number of hydrogen-bond donors (Lipinski definition) is 0. The summed E-state index contributed by atoms with van der Waals surface area (Å²) in [5, 5.41) is 3.83. The second kappa shape index (κ2) is 9.02. The highest BCUT2D eigenvalue weighted by Crippen LogP contribution is 2.29. The van der Waals surface area contributed by atoms with Crippen molar-refractivity contribution in [3.05, 3.63) is 53.4 Å². The van der Waals surface area contributed by atoms with E-state index in [9.17, 15) is 9.59 Å². The van der Waals surface area contributed by atoms with Gasteiger partial charge in [0.15, 0.2) is 28.7 Å². The van der Waals surface area contributed by atoms with Gasteiger partial charge in [0.25, 0.3) is 5.91 Å². The number of amides is 1. The van der Waals surface area contributed by atoms with Crippen LogP contribution < -0.4 is 9.47 Å². The summed E-state index contributed by atoms with van der Waals surface area (Å²) in [4.78, 5) is 25.6. The molecule has 0 unspecified atom stereocenters. The Hall–Kier alpha value is -3.09. The van der Waals surface area contributed by atoms with E-state index >= 15 is 0 Å². The van der Waals surface area contributed by atoms with Crippen molar-refractivity contribution in [2.75, 3.05) is 20.2 Å². The monoisotopic (exact) mass is 372 g/mol. The Morgan fingerprint density at radius 2 is 1.96 bits per heavy atom. The molecule has 0 aliphatic heterocycles. The van der Waals surface area contributed by atoms with Gasteiger partial charge >= 0.3 is 0 Å². The molecule has 2 aromatic rings. The van der Waals surface area contributed by atoms with Gasteiger partial charge in [-0.3, -0.25) is 9.59 Å². The van der Waals surface area contributed by atoms with E-state index in [4.69, 9.17) is 14.0 Å². The average Bonchev–Trinajstić information content (AvgIpc) is 3.12. The number of aromatic nitrogens is 1. The summed E-state index contributed by atoms with van der Waals surface area (Å²) in [5.41, 5.74) is 1.64. The molecule has 7 nitrogen and oxygen atoms in total. The lowest BCUT2D eigenvalue weighted by atomic mass is 10.1. The van der Waals surface area contributed by atoms with Gasteiger partial charge in [0, 0.05) is 24.7 Å². The molecular weight excluding hydrogens is 348 g/mol. The number of benzene rings is 1. The van der Waals surface area contributed by atoms with Gasteiger partial charge in [0.1, 0.15) is 6.61 Å². The van der Waals surface area contributed by atoms with Crippen LogP contribution in [0.25, 0.3) is 0 Å². The van der Waals surface area contributed by atoms with Crippen molar-refractivity contribution < 1.29 is 23.6 Å². The number of Topliss-reactive ketones (excluding diaryl/α,β-unsaturated/α-hetero) is 1. The van der Waals surface area contributed by atoms with E-state index in [2.05, 4.69) is 11.7 Å². The third kappa shape index (κ3) is 5.20. The summed E-state index contributed by atoms with van der Waals surface area (Å²) in [6.45, 7) is 10.2. The summed E-state index contributed by atoms with van der Waals surface area (Å²) in [6, 6.07) is 6.49. The first-order chi connectivity index (χ1) is 12.8. The molecule has 0 aliphatic carbocycles. The standard InChI is InChI=1S/C20H24N2O5/c1-6-22(11-13(2)3)20(24)17-10-16(27-21-17)12-26-18-8-7-15(14(4)23)9-19(18)25-5/h7-10H,2,6,11-12H2,1,3-5H3. The van der Waals surface area contributed by atoms with Crippen molar-refractivity contribution in [3.8, 4) is 11.5 Å². The van der Waals surface area contributed by atoms with Crippen molar-refractivity contribution >= 4 is 11.7 Å². The van der Waals surface area contributed by atoms with Gasteiger partial charge in [0.2, 0.25) is 0 Å². The summed E-state index contributed by atoms with van der Waals surface area (Å²) < 4.78 is 16.1. The summed E-state index contributed by atoms with van der Waals surface area (Å²) in [5.74, 6) is 1.02. The van der Waals surface area contributed by atoms with Gasteiger partial charge in [-0.1, -0.05) is 17.3 Å². The number of carbonyl (C=O) groups is 2. The Labute approximate surface area is 158 Å². The molecule has 0 saturated carbocycles. The Kier molecular flexibility index (Phi) is 6.76. The van der Waals surface area contributed by atoms with E-state index in [-0.39, 0.29) is 24.0 Å². The molecule has 0 fully saturated rings. The van der Waals surface area contributed by atoms with E-state index in [1.54, 1.807) is 29.2 Å². The third-order valence-corrected chi connectivity index (χ3v) is 3.85. The number of methoxy groups -OCH3 is 1. The minimum absolute atomic E-state index is 0.0616. The molecule has 1 amide bonds. The molecule has 0 bridgehead atoms. The Balaban J connectivity index is 2.07. The Morgan fingerprint density at radius 3 is 2.56 bits per heavy atom. The molecular formula is C20H24N2O5. The minimum atomic E-state index is -0.223. The predicted molar refractivity (Wildman–Crippen MR) is 100 cm³/mol. The van der Waals surface area contributed by atoms with Gasteiger partial charge in [-0.25, -0.2) is 0 Å². The van der Waals surface area contributed by atoms with E-state index < -0.39 is 0 Å². The SMILES string of the molecule is C=C(C)CN(CC)C(=O)c1cc(COc2ccc(C(C)=O)cc2OC)on1. The van der Waals surface area contributed by atoms with E-state index in [0.717, 1.165) is 5.57 Å². The van der Waals surface area contributed by atoms with Crippen LogP contribution in [0.5, 0.6) is 11.5 Å². The molecule has 0 spiro atoms. The number of hydrogen-bond acceptors (Lipinski definition) is 6. The van der Waals surface area contributed by atoms with Gasteiger partial charge in [-0.15, -0.1) is 0 Å². The Bertz CT molecular complexity index is 841. The summed E-state index contributed by atoms with van der Waals surface area (Å²) in [7, 11) is 1.50. The molecule has 2 rings (SSSR count). The van der Waals surface area contributed by atoms with Gasteiger partial charge in [-0.2, -0.15) is 0 Å². The number of nitrogens with zero attached hydrogens (tertiary/aromatic N) is 2. The lowest BCUT2D eigenvalue weighted by Crippen LogP contribution is -2.32. The molecule has 0 radical (unpaired) electrons. The second-order valence-electron chi connectivity index (χ2n) is 6.17. The minimum Gasteiger partial charge on any atom is -0.493 e. The zero-order valence-electron chi connectivity index (χ0n) is 16.1. The molecule has 0 aliphatic rings. The van der Waals surface area contributed by atoms with E-state index in [1.165, 1.54) is 14.0 Å². The van der Waals surface area contributed by atoms with Gasteiger partial charge in [-0.05, 0) is 39.0 Å². The van der Waals surface area contributed by atoms with E-state index in [1.807, 2.05) is 13.8 Å². The van der Waals surface area contributed by atoms with Crippen LogP contribution in [-0.2, 0) is 6.61 Å². The van der Waals surface area contributed by atoms with Gasteiger partial charge in [0.05, 0.1) is 7.11 Å². The molecule has 1 aromatic heterocycles. The van der Waals surface area contributed by atoms with Crippen LogP contribution in [0.1, 0.15) is 47.4 Å². The fourth-order valence-electron chi connectivity index (χ4n) is 2.45. The van der Waals surface area contributed by atoms with Crippen molar-refractivity contribution in [2.24, 2.45) is 0 Å². The number of likely N-dealkylation sites (N-methyl/N-ethyl adjacent to an activating group) is 1. The van der Waals surface area contributed by atoms with Crippen molar-refractivity contribution in [3.63, 3.8) is 0 Å². The van der Waals surface area contributed by atoms with Crippen LogP contribution in [0.4, 0.5) is 0 Å². The van der Waals surface area contributed by atoms with Crippen LogP contribution in [0, 0.1) is 0 Å².